The van der Waals surface area contributed by atoms with Gasteiger partial charge in [0.25, 0.3) is 0 Å². The summed E-state index contributed by atoms with van der Waals surface area (Å²) in [5.74, 6) is 0. The molecule has 0 aliphatic heterocycles. The maximum absolute atomic E-state index is 9.54. The summed E-state index contributed by atoms with van der Waals surface area (Å²) in [5, 5.41) is 10.2. The molecule has 0 spiro atoms. The zero-order valence-corrected chi connectivity index (χ0v) is 10.5. The number of aromatic nitrogens is 1. The molecule has 0 bridgehead atoms. The first-order valence-corrected chi connectivity index (χ1v) is 6.23. The van der Waals surface area contributed by atoms with E-state index in [2.05, 4.69) is 32.7 Å². The van der Waals surface area contributed by atoms with Crippen molar-refractivity contribution < 1.29 is 5.11 Å². The number of nitrogens with zero attached hydrogens (tertiary/aromatic N) is 2. The Labute approximate surface area is 99.3 Å². The van der Waals surface area contributed by atoms with Crippen LogP contribution in [0.15, 0.2) is 24.5 Å². The van der Waals surface area contributed by atoms with Gasteiger partial charge in [-0.2, -0.15) is 0 Å². The van der Waals surface area contributed by atoms with E-state index < -0.39 is 0 Å². The summed E-state index contributed by atoms with van der Waals surface area (Å²) in [6, 6.07) is 4.01. The van der Waals surface area contributed by atoms with Gasteiger partial charge in [0.15, 0.2) is 0 Å². The van der Waals surface area contributed by atoms with Crippen molar-refractivity contribution in [2.24, 2.45) is 0 Å². The number of likely N-dealkylation sites (N-methyl/N-ethyl adjacent to an activating group) is 1. The molecule has 0 aromatic carbocycles. The van der Waals surface area contributed by atoms with Crippen molar-refractivity contribution in [3.05, 3.63) is 30.1 Å². The Morgan fingerprint density at radius 1 is 1.47 bits per heavy atom. The van der Waals surface area contributed by atoms with Crippen LogP contribution in [-0.4, -0.2) is 39.5 Å². The van der Waals surface area contributed by atoms with Gasteiger partial charge in [-0.1, -0.05) is 22.9 Å². The predicted molar refractivity (Wildman–Crippen MR) is 65.0 cm³/mol. The van der Waals surface area contributed by atoms with Crippen molar-refractivity contribution in [2.75, 3.05) is 18.4 Å². The second-order valence-electron chi connectivity index (χ2n) is 3.49. The van der Waals surface area contributed by atoms with Crippen molar-refractivity contribution in [3.8, 4) is 0 Å². The Balaban J connectivity index is 2.47. The lowest BCUT2D eigenvalue weighted by Gasteiger charge is -2.22. The molecule has 3 nitrogen and oxygen atoms in total. The van der Waals surface area contributed by atoms with E-state index in [1.165, 1.54) is 5.56 Å². The van der Waals surface area contributed by atoms with Crippen LogP contribution >= 0.6 is 15.9 Å². The Bertz CT molecular complexity index is 269. The van der Waals surface area contributed by atoms with Crippen molar-refractivity contribution in [1.82, 2.24) is 9.88 Å². The minimum absolute atomic E-state index is 0.299. The van der Waals surface area contributed by atoms with E-state index in [0.717, 1.165) is 13.1 Å². The van der Waals surface area contributed by atoms with Gasteiger partial charge < -0.3 is 5.11 Å². The highest BCUT2D eigenvalue weighted by Gasteiger charge is 2.09. The predicted octanol–water partition coefficient (Wildman–Crippen LogP) is 1.66. The molecule has 15 heavy (non-hydrogen) atoms. The van der Waals surface area contributed by atoms with Crippen molar-refractivity contribution in [2.45, 2.75) is 19.6 Å². The average molecular weight is 273 g/mol. The van der Waals surface area contributed by atoms with Crippen LogP contribution in [0.25, 0.3) is 0 Å². The van der Waals surface area contributed by atoms with E-state index >= 15 is 0 Å². The van der Waals surface area contributed by atoms with Crippen LogP contribution < -0.4 is 0 Å². The second-order valence-corrected chi connectivity index (χ2v) is 4.14. The number of rotatable bonds is 6. The number of halogens is 1. The Morgan fingerprint density at radius 3 is 2.67 bits per heavy atom. The van der Waals surface area contributed by atoms with Gasteiger partial charge in [-0.3, -0.25) is 9.88 Å². The molecule has 0 saturated carbocycles. The standard InChI is InChI=1S/C11H17BrN2O/c1-2-14(9-11(15)7-12)8-10-3-5-13-6-4-10/h3-6,11,15H,2,7-9H2,1H3. The molecule has 4 heteroatoms. The minimum atomic E-state index is -0.299. The monoisotopic (exact) mass is 272 g/mol. The number of hydrogen-bond acceptors (Lipinski definition) is 3. The largest absolute Gasteiger partial charge is 0.391 e. The molecule has 0 saturated heterocycles. The van der Waals surface area contributed by atoms with E-state index in [1.807, 2.05) is 12.1 Å². The molecular formula is C11H17BrN2O. The molecule has 84 valence electrons. The lowest BCUT2D eigenvalue weighted by atomic mass is 10.2. The van der Waals surface area contributed by atoms with Crippen LogP contribution in [0.1, 0.15) is 12.5 Å². The molecule has 0 radical (unpaired) electrons. The van der Waals surface area contributed by atoms with Crippen LogP contribution in [0.2, 0.25) is 0 Å². The highest BCUT2D eigenvalue weighted by atomic mass is 79.9. The molecule has 1 unspecified atom stereocenters. The summed E-state index contributed by atoms with van der Waals surface area (Å²) in [7, 11) is 0. The first kappa shape index (κ1) is 12.6. The normalized spacial score (nSPS) is 13.1. The van der Waals surface area contributed by atoms with Crippen molar-refractivity contribution in [3.63, 3.8) is 0 Å². The molecule has 1 aromatic rings. The number of pyridine rings is 1. The zero-order chi connectivity index (χ0) is 11.1. The van der Waals surface area contributed by atoms with Crippen molar-refractivity contribution in [1.29, 1.82) is 0 Å². The molecule has 1 rings (SSSR count). The number of aliphatic hydroxyl groups excluding tert-OH is 1. The van der Waals surface area contributed by atoms with E-state index in [0.29, 0.717) is 11.9 Å². The summed E-state index contributed by atoms with van der Waals surface area (Å²) in [6.45, 7) is 4.60. The van der Waals surface area contributed by atoms with Gasteiger partial charge in [0.2, 0.25) is 0 Å². The van der Waals surface area contributed by atoms with E-state index in [9.17, 15) is 5.11 Å². The van der Waals surface area contributed by atoms with Crippen LogP contribution in [0.3, 0.4) is 0 Å². The van der Waals surface area contributed by atoms with E-state index in [4.69, 9.17) is 0 Å². The number of alkyl halides is 1. The van der Waals surface area contributed by atoms with Crippen LogP contribution in [-0.2, 0) is 6.54 Å². The SMILES string of the molecule is CCN(Cc1ccncc1)CC(O)CBr. The summed E-state index contributed by atoms with van der Waals surface area (Å²) < 4.78 is 0. The molecule has 0 aliphatic rings. The van der Waals surface area contributed by atoms with Crippen LogP contribution in [0.5, 0.6) is 0 Å². The third-order valence-electron chi connectivity index (χ3n) is 2.25. The minimum Gasteiger partial charge on any atom is -0.391 e. The summed E-state index contributed by atoms with van der Waals surface area (Å²) in [6.07, 6.45) is 3.29. The third-order valence-corrected chi connectivity index (χ3v) is 3.00. The highest BCUT2D eigenvalue weighted by molar-refractivity contribution is 9.09. The zero-order valence-electron chi connectivity index (χ0n) is 8.93. The Kier molecular flexibility index (Phi) is 5.83. The third kappa shape index (κ3) is 4.73. The van der Waals surface area contributed by atoms with Crippen LogP contribution in [0.4, 0.5) is 0 Å². The average Bonchev–Trinajstić information content (AvgIpc) is 2.29. The van der Waals surface area contributed by atoms with Crippen LogP contribution in [0, 0.1) is 0 Å². The fourth-order valence-electron chi connectivity index (χ4n) is 1.40. The van der Waals surface area contributed by atoms with Gasteiger partial charge in [0.05, 0.1) is 6.10 Å². The Hall–Kier alpha value is -0.450. The van der Waals surface area contributed by atoms with Gasteiger partial charge in [-0.25, -0.2) is 0 Å². The molecular weight excluding hydrogens is 256 g/mol. The van der Waals surface area contributed by atoms with Gasteiger partial charge in [-0.05, 0) is 24.2 Å². The van der Waals surface area contributed by atoms with Gasteiger partial charge in [0.1, 0.15) is 0 Å². The molecule has 1 heterocycles. The van der Waals surface area contributed by atoms with E-state index in [-0.39, 0.29) is 6.10 Å². The summed E-state index contributed by atoms with van der Waals surface area (Å²) in [5.41, 5.74) is 1.23. The quantitative estimate of drug-likeness (QED) is 0.801. The lowest BCUT2D eigenvalue weighted by molar-refractivity contribution is 0.130. The first-order chi connectivity index (χ1) is 7.26. The molecule has 1 atom stereocenters. The van der Waals surface area contributed by atoms with Gasteiger partial charge in [-0.15, -0.1) is 0 Å². The maximum Gasteiger partial charge on any atom is 0.0763 e. The molecule has 0 fully saturated rings. The fourth-order valence-corrected chi connectivity index (χ4v) is 1.60. The Morgan fingerprint density at radius 2 is 2.13 bits per heavy atom. The lowest BCUT2D eigenvalue weighted by Crippen LogP contribution is -2.32. The number of hydrogen-bond donors (Lipinski definition) is 1. The van der Waals surface area contributed by atoms with Gasteiger partial charge in [0, 0.05) is 30.8 Å². The number of aliphatic hydroxyl groups is 1. The molecule has 1 aromatic heterocycles. The molecule has 1 N–H and O–H groups in total. The molecule has 0 amide bonds. The van der Waals surface area contributed by atoms with E-state index in [1.54, 1.807) is 12.4 Å². The summed E-state index contributed by atoms with van der Waals surface area (Å²) in [4.78, 5) is 6.19. The molecule has 0 aliphatic carbocycles. The van der Waals surface area contributed by atoms with Gasteiger partial charge >= 0.3 is 0 Å². The topological polar surface area (TPSA) is 36.4 Å². The summed E-state index contributed by atoms with van der Waals surface area (Å²) >= 11 is 3.27. The highest BCUT2D eigenvalue weighted by Crippen LogP contribution is 2.04. The maximum atomic E-state index is 9.54. The fraction of sp³-hybridized carbons (Fsp3) is 0.545. The smallest absolute Gasteiger partial charge is 0.0763 e. The van der Waals surface area contributed by atoms with Crippen molar-refractivity contribution >= 4 is 15.9 Å². The second kappa shape index (κ2) is 6.93. The first-order valence-electron chi connectivity index (χ1n) is 5.11.